The molecule has 2 aromatic carbocycles. The third kappa shape index (κ3) is 3.07. The lowest BCUT2D eigenvalue weighted by molar-refractivity contribution is -0.0581. The van der Waals surface area contributed by atoms with E-state index in [1.54, 1.807) is 24.3 Å². The first-order valence-electron chi connectivity index (χ1n) is 6.98. The number of alkyl halides is 3. The number of benzene rings is 2. The first-order chi connectivity index (χ1) is 11.2. The van der Waals surface area contributed by atoms with Crippen molar-refractivity contribution in [2.75, 3.05) is 7.05 Å². The zero-order chi connectivity index (χ0) is 17.5. The van der Waals surface area contributed by atoms with Gasteiger partial charge in [0.05, 0.1) is 0 Å². The molecule has 2 aromatic rings. The summed E-state index contributed by atoms with van der Waals surface area (Å²) in [5.74, 6) is -0.487. The molecule has 2 nitrogen and oxygen atoms in total. The van der Waals surface area contributed by atoms with Crippen LogP contribution in [0.25, 0.3) is 11.1 Å². The highest BCUT2D eigenvalue weighted by Gasteiger charge is 2.43. The van der Waals surface area contributed by atoms with E-state index in [2.05, 4.69) is 5.10 Å². The molecule has 0 bridgehead atoms. The largest absolute Gasteiger partial charge is 0.438 e. The smallest absolute Gasteiger partial charge is 0.207 e. The van der Waals surface area contributed by atoms with Crippen LogP contribution >= 0.6 is 11.6 Å². The first kappa shape index (κ1) is 16.7. The van der Waals surface area contributed by atoms with Crippen molar-refractivity contribution in [2.45, 2.75) is 6.18 Å². The maximum absolute atomic E-state index is 13.7. The number of quaternary nitrogens is 1. The molecule has 0 fully saturated rings. The molecule has 1 aliphatic heterocycles. The summed E-state index contributed by atoms with van der Waals surface area (Å²) >= 11 is 5.86. The number of hydrogen-bond donors (Lipinski definition) is 0. The summed E-state index contributed by atoms with van der Waals surface area (Å²) in [6.45, 7) is 0. The standard InChI is InChI=1S/C17H12ClF4N2/c1-24(9-8-16(23-24)17(20,21)22)15-7-6-13(19)10-14(15)11-2-4-12(18)5-3-11/h2-10H,1H3/q+1. The second kappa shape index (κ2) is 5.72. The molecule has 1 aliphatic rings. The Balaban J connectivity index is 2.15. The van der Waals surface area contributed by atoms with Gasteiger partial charge in [0.25, 0.3) is 0 Å². The fourth-order valence-electron chi connectivity index (χ4n) is 2.56. The molecule has 0 spiro atoms. The van der Waals surface area contributed by atoms with Crippen molar-refractivity contribution >= 4 is 23.0 Å². The van der Waals surface area contributed by atoms with E-state index in [4.69, 9.17) is 11.6 Å². The molecule has 0 saturated heterocycles. The predicted molar refractivity (Wildman–Crippen MR) is 87.2 cm³/mol. The van der Waals surface area contributed by atoms with Crippen molar-refractivity contribution in [3.05, 3.63) is 65.6 Å². The number of rotatable bonds is 2. The number of allylic oxidation sites excluding steroid dienone is 1. The van der Waals surface area contributed by atoms with Crippen molar-refractivity contribution in [1.82, 2.24) is 4.59 Å². The highest BCUT2D eigenvalue weighted by Crippen LogP contribution is 2.38. The Morgan fingerprint density at radius 3 is 2.29 bits per heavy atom. The van der Waals surface area contributed by atoms with Crippen molar-refractivity contribution in [3.8, 4) is 11.1 Å². The monoisotopic (exact) mass is 355 g/mol. The lowest BCUT2D eigenvalue weighted by Crippen LogP contribution is -2.32. The van der Waals surface area contributed by atoms with Gasteiger partial charge in [0.15, 0.2) is 5.69 Å². The molecule has 0 saturated carbocycles. The van der Waals surface area contributed by atoms with E-state index in [1.807, 2.05) is 0 Å². The van der Waals surface area contributed by atoms with Crippen LogP contribution in [0.2, 0.25) is 5.02 Å². The van der Waals surface area contributed by atoms with E-state index in [0.29, 0.717) is 21.8 Å². The Morgan fingerprint density at radius 2 is 1.71 bits per heavy atom. The van der Waals surface area contributed by atoms with Gasteiger partial charge in [-0.1, -0.05) is 28.8 Å². The summed E-state index contributed by atoms with van der Waals surface area (Å²) in [4.78, 5) is 0. The third-order valence-electron chi connectivity index (χ3n) is 3.73. The van der Waals surface area contributed by atoms with Gasteiger partial charge in [-0.3, -0.25) is 0 Å². The van der Waals surface area contributed by atoms with Crippen molar-refractivity contribution in [3.63, 3.8) is 0 Å². The summed E-state index contributed by atoms with van der Waals surface area (Å²) in [6, 6.07) is 10.5. The highest BCUT2D eigenvalue weighted by atomic mass is 35.5. The fourth-order valence-corrected chi connectivity index (χ4v) is 2.68. The van der Waals surface area contributed by atoms with Gasteiger partial charge in [0.2, 0.25) is 5.71 Å². The van der Waals surface area contributed by atoms with Crippen LogP contribution in [-0.4, -0.2) is 18.9 Å². The minimum Gasteiger partial charge on any atom is -0.207 e. The molecule has 1 heterocycles. The van der Waals surface area contributed by atoms with E-state index in [-0.39, 0.29) is 0 Å². The summed E-state index contributed by atoms with van der Waals surface area (Å²) in [5, 5.41) is 4.27. The summed E-state index contributed by atoms with van der Waals surface area (Å²) < 4.78 is 51.9. The Kier molecular flexibility index (Phi) is 3.97. The van der Waals surface area contributed by atoms with E-state index >= 15 is 0 Å². The average Bonchev–Trinajstić information content (AvgIpc) is 2.91. The molecular formula is C17H12ClF4N2+. The van der Waals surface area contributed by atoms with E-state index in [1.165, 1.54) is 31.4 Å². The first-order valence-corrected chi connectivity index (χ1v) is 7.36. The van der Waals surface area contributed by atoms with Gasteiger partial charge in [-0.25, -0.2) is 4.39 Å². The van der Waals surface area contributed by atoms with Gasteiger partial charge >= 0.3 is 6.18 Å². The maximum Gasteiger partial charge on any atom is 0.438 e. The summed E-state index contributed by atoms with van der Waals surface area (Å²) in [6.07, 6.45) is -2.29. The van der Waals surface area contributed by atoms with Gasteiger partial charge in [0, 0.05) is 22.7 Å². The Bertz CT molecular complexity index is 841. The summed E-state index contributed by atoms with van der Waals surface area (Å²) in [7, 11) is 1.50. The van der Waals surface area contributed by atoms with Crippen molar-refractivity contribution < 1.29 is 17.6 Å². The molecule has 7 heteroatoms. The SMILES string of the molecule is C[N+]1(c2ccc(F)cc2-c2ccc(Cl)cc2)C=CC(C(F)(F)F)=N1. The second-order valence-corrected chi connectivity index (χ2v) is 5.93. The molecular weight excluding hydrogens is 344 g/mol. The molecule has 0 amide bonds. The zero-order valence-corrected chi connectivity index (χ0v) is 13.2. The van der Waals surface area contributed by atoms with E-state index in [9.17, 15) is 17.6 Å². The number of halogens is 5. The van der Waals surface area contributed by atoms with Crippen LogP contribution in [0.5, 0.6) is 0 Å². The molecule has 0 aliphatic carbocycles. The summed E-state index contributed by atoms with van der Waals surface area (Å²) in [5.41, 5.74) is 0.536. The molecule has 124 valence electrons. The van der Waals surface area contributed by atoms with Crippen LogP contribution in [0.1, 0.15) is 0 Å². The van der Waals surface area contributed by atoms with Gasteiger partial charge in [-0.05, 0) is 29.8 Å². The van der Waals surface area contributed by atoms with Crippen molar-refractivity contribution in [2.24, 2.45) is 5.10 Å². The van der Waals surface area contributed by atoms with Crippen LogP contribution in [-0.2, 0) is 0 Å². The van der Waals surface area contributed by atoms with Gasteiger partial charge in [-0.2, -0.15) is 13.2 Å². The Labute approximate surface area is 140 Å². The average molecular weight is 356 g/mol. The fraction of sp³-hybridized carbons (Fsp3) is 0.118. The second-order valence-electron chi connectivity index (χ2n) is 5.49. The predicted octanol–water partition coefficient (Wildman–Crippen LogP) is 5.53. The molecule has 1 atom stereocenters. The molecule has 1 unspecified atom stereocenters. The topological polar surface area (TPSA) is 12.4 Å². The molecule has 24 heavy (non-hydrogen) atoms. The third-order valence-corrected chi connectivity index (χ3v) is 3.98. The lowest BCUT2D eigenvalue weighted by atomic mass is 10.0. The Hall–Kier alpha value is -2.18. The van der Waals surface area contributed by atoms with Crippen LogP contribution in [0.3, 0.4) is 0 Å². The molecule has 0 aromatic heterocycles. The minimum atomic E-state index is -4.53. The Morgan fingerprint density at radius 1 is 1.04 bits per heavy atom. The number of hydrogen-bond acceptors (Lipinski definition) is 1. The van der Waals surface area contributed by atoms with Crippen LogP contribution in [0.4, 0.5) is 23.2 Å². The van der Waals surface area contributed by atoms with E-state index in [0.717, 1.165) is 6.08 Å². The molecule has 0 radical (unpaired) electrons. The van der Waals surface area contributed by atoms with Gasteiger partial charge in [-0.15, -0.1) is 4.59 Å². The van der Waals surface area contributed by atoms with Crippen molar-refractivity contribution in [1.29, 1.82) is 0 Å². The highest BCUT2D eigenvalue weighted by molar-refractivity contribution is 6.30. The molecule has 3 rings (SSSR count). The van der Waals surface area contributed by atoms with Crippen LogP contribution < -0.4 is 4.59 Å². The quantitative estimate of drug-likeness (QED) is 0.496. The van der Waals surface area contributed by atoms with Crippen LogP contribution in [0.15, 0.2) is 59.8 Å². The number of nitrogens with zero attached hydrogens (tertiary/aromatic N) is 2. The lowest BCUT2D eigenvalue weighted by Gasteiger charge is -2.23. The van der Waals surface area contributed by atoms with E-state index < -0.39 is 22.3 Å². The molecule has 0 N–H and O–H groups in total. The van der Waals surface area contributed by atoms with Gasteiger partial charge in [0.1, 0.15) is 19.1 Å². The maximum atomic E-state index is 13.7. The normalized spacial score (nSPS) is 20.3. The zero-order valence-electron chi connectivity index (χ0n) is 12.5. The van der Waals surface area contributed by atoms with Gasteiger partial charge < -0.3 is 0 Å². The minimum absolute atomic E-state index is 0.425. The van der Waals surface area contributed by atoms with Crippen LogP contribution in [0, 0.1) is 5.82 Å².